The number of rotatable bonds is 4. The van der Waals surface area contributed by atoms with Crippen molar-refractivity contribution in [2.45, 2.75) is 47.0 Å². The molecule has 0 amide bonds. The lowest BCUT2D eigenvalue weighted by molar-refractivity contribution is 0.579. The number of hydrogen-bond donors (Lipinski definition) is 0. The zero-order valence-electron chi connectivity index (χ0n) is 9.67. The normalized spacial score (nSPS) is 10.9. The summed E-state index contributed by atoms with van der Waals surface area (Å²) in [5.41, 5.74) is 3.35. The van der Waals surface area contributed by atoms with Gasteiger partial charge in [0.2, 0.25) is 0 Å². The SMILES string of the molecule is CCc1nc(CCC(C)C)cnc1C. The summed E-state index contributed by atoms with van der Waals surface area (Å²) in [6, 6.07) is 0. The molecule has 0 spiro atoms. The van der Waals surface area contributed by atoms with Gasteiger partial charge in [-0.2, -0.15) is 0 Å². The predicted molar refractivity (Wildman–Crippen MR) is 59.3 cm³/mol. The highest BCUT2D eigenvalue weighted by Crippen LogP contribution is 2.09. The molecular formula is C12H20N2. The van der Waals surface area contributed by atoms with E-state index in [9.17, 15) is 0 Å². The maximum atomic E-state index is 4.60. The van der Waals surface area contributed by atoms with E-state index in [1.54, 1.807) is 0 Å². The van der Waals surface area contributed by atoms with E-state index in [1.165, 1.54) is 6.42 Å². The molecule has 0 fully saturated rings. The topological polar surface area (TPSA) is 25.8 Å². The van der Waals surface area contributed by atoms with Crippen molar-refractivity contribution in [3.8, 4) is 0 Å². The molecule has 78 valence electrons. The molecule has 2 heteroatoms. The summed E-state index contributed by atoms with van der Waals surface area (Å²) < 4.78 is 0. The van der Waals surface area contributed by atoms with Crippen molar-refractivity contribution in [3.05, 3.63) is 23.3 Å². The zero-order chi connectivity index (χ0) is 10.6. The molecule has 14 heavy (non-hydrogen) atoms. The maximum Gasteiger partial charge on any atom is 0.0616 e. The number of nitrogens with zero attached hydrogens (tertiary/aromatic N) is 2. The monoisotopic (exact) mass is 192 g/mol. The number of hydrogen-bond acceptors (Lipinski definition) is 2. The molecule has 0 bridgehead atoms. The van der Waals surface area contributed by atoms with Crippen molar-refractivity contribution >= 4 is 0 Å². The Balaban J connectivity index is 2.69. The van der Waals surface area contributed by atoms with Crippen molar-refractivity contribution in [1.82, 2.24) is 9.97 Å². The molecule has 2 nitrogen and oxygen atoms in total. The third-order valence-electron chi connectivity index (χ3n) is 2.42. The molecule has 1 heterocycles. The fourth-order valence-corrected chi connectivity index (χ4v) is 1.42. The minimum absolute atomic E-state index is 0.739. The first-order valence-electron chi connectivity index (χ1n) is 5.44. The fourth-order valence-electron chi connectivity index (χ4n) is 1.42. The second kappa shape index (κ2) is 5.08. The lowest BCUT2D eigenvalue weighted by Gasteiger charge is -2.06. The van der Waals surface area contributed by atoms with E-state index in [2.05, 4.69) is 30.7 Å². The van der Waals surface area contributed by atoms with E-state index in [0.717, 1.165) is 35.8 Å². The maximum absolute atomic E-state index is 4.60. The first-order chi connectivity index (χ1) is 6.63. The van der Waals surface area contributed by atoms with E-state index in [4.69, 9.17) is 0 Å². The number of aromatic nitrogens is 2. The average molecular weight is 192 g/mol. The Hall–Kier alpha value is -0.920. The highest BCUT2D eigenvalue weighted by Gasteiger charge is 2.02. The zero-order valence-corrected chi connectivity index (χ0v) is 9.67. The molecule has 0 aliphatic carbocycles. The third-order valence-corrected chi connectivity index (χ3v) is 2.42. The van der Waals surface area contributed by atoms with Crippen molar-refractivity contribution < 1.29 is 0 Å². The van der Waals surface area contributed by atoms with Crippen molar-refractivity contribution in [2.24, 2.45) is 5.92 Å². The number of aryl methyl sites for hydroxylation is 3. The Kier molecular flexibility index (Phi) is 4.05. The Labute approximate surface area is 86.8 Å². The summed E-state index contributed by atoms with van der Waals surface area (Å²) in [4.78, 5) is 8.97. The lowest BCUT2D eigenvalue weighted by Crippen LogP contribution is -2.02. The van der Waals surface area contributed by atoms with Gasteiger partial charge in [0.1, 0.15) is 0 Å². The van der Waals surface area contributed by atoms with Gasteiger partial charge in [-0.05, 0) is 32.1 Å². The van der Waals surface area contributed by atoms with E-state index < -0.39 is 0 Å². The molecule has 1 rings (SSSR count). The van der Waals surface area contributed by atoms with E-state index in [0.29, 0.717) is 0 Å². The second-order valence-corrected chi connectivity index (χ2v) is 4.18. The van der Waals surface area contributed by atoms with Crippen LogP contribution in [0.5, 0.6) is 0 Å². The molecule has 1 aromatic heterocycles. The van der Waals surface area contributed by atoms with Crippen LogP contribution in [-0.4, -0.2) is 9.97 Å². The molecule has 0 aliphatic heterocycles. The van der Waals surface area contributed by atoms with Gasteiger partial charge in [0.25, 0.3) is 0 Å². The van der Waals surface area contributed by atoms with Crippen LogP contribution < -0.4 is 0 Å². The van der Waals surface area contributed by atoms with Crippen LogP contribution in [0.25, 0.3) is 0 Å². The molecule has 0 aliphatic rings. The van der Waals surface area contributed by atoms with Gasteiger partial charge >= 0.3 is 0 Å². The lowest BCUT2D eigenvalue weighted by atomic mass is 10.1. The molecule has 0 atom stereocenters. The highest BCUT2D eigenvalue weighted by atomic mass is 14.8. The van der Waals surface area contributed by atoms with Crippen LogP contribution in [-0.2, 0) is 12.8 Å². The van der Waals surface area contributed by atoms with E-state index in [1.807, 2.05) is 13.1 Å². The molecule has 0 aromatic carbocycles. The Morgan fingerprint density at radius 1 is 1.36 bits per heavy atom. The molecular weight excluding hydrogens is 172 g/mol. The quantitative estimate of drug-likeness (QED) is 0.733. The van der Waals surface area contributed by atoms with Gasteiger partial charge in [0.05, 0.1) is 17.1 Å². The van der Waals surface area contributed by atoms with Crippen molar-refractivity contribution in [2.75, 3.05) is 0 Å². The summed E-state index contributed by atoms with van der Waals surface area (Å²) in [5.74, 6) is 0.739. The molecule has 0 unspecified atom stereocenters. The van der Waals surface area contributed by atoms with Gasteiger partial charge in [-0.3, -0.25) is 9.97 Å². The van der Waals surface area contributed by atoms with Crippen LogP contribution in [0.2, 0.25) is 0 Å². The molecule has 1 aromatic rings. The van der Waals surface area contributed by atoms with E-state index in [-0.39, 0.29) is 0 Å². The summed E-state index contributed by atoms with van der Waals surface area (Å²) in [5, 5.41) is 0. The van der Waals surface area contributed by atoms with Crippen LogP contribution in [0.3, 0.4) is 0 Å². The Morgan fingerprint density at radius 3 is 2.64 bits per heavy atom. The van der Waals surface area contributed by atoms with Crippen molar-refractivity contribution in [3.63, 3.8) is 0 Å². The fraction of sp³-hybridized carbons (Fsp3) is 0.667. The largest absolute Gasteiger partial charge is 0.258 e. The highest BCUT2D eigenvalue weighted by molar-refractivity contribution is 5.12. The van der Waals surface area contributed by atoms with Gasteiger partial charge in [0.15, 0.2) is 0 Å². The Morgan fingerprint density at radius 2 is 2.07 bits per heavy atom. The summed E-state index contributed by atoms with van der Waals surface area (Å²) in [7, 11) is 0. The Bertz CT molecular complexity index is 292. The van der Waals surface area contributed by atoms with Crippen LogP contribution in [0.15, 0.2) is 6.20 Å². The van der Waals surface area contributed by atoms with Crippen molar-refractivity contribution in [1.29, 1.82) is 0 Å². The van der Waals surface area contributed by atoms with Crippen LogP contribution in [0.1, 0.15) is 44.3 Å². The minimum atomic E-state index is 0.739. The smallest absolute Gasteiger partial charge is 0.0616 e. The summed E-state index contributed by atoms with van der Waals surface area (Å²) in [6.45, 7) is 8.63. The predicted octanol–water partition coefficient (Wildman–Crippen LogP) is 2.94. The second-order valence-electron chi connectivity index (χ2n) is 4.18. The molecule has 0 saturated heterocycles. The van der Waals surface area contributed by atoms with Crippen LogP contribution in [0, 0.1) is 12.8 Å². The summed E-state index contributed by atoms with van der Waals surface area (Å²) in [6.07, 6.45) is 5.14. The van der Waals surface area contributed by atoms with Gasteiger partial charge in [-0.15, -0.1) is 0 Å². The van der Waals surface area contributed by atoms with Gasteiger partial charge in [0, 0.05) is 6.20 Å². The van der Waals surface area contributed by atoms with Gasteiger partial charge in [-0.25, -0.2) is 0 Å². The first kappa shape index (κ1) is 11.2. The van der Waals surface area contributed by atoms with Gasteiger partial charge < -0.3 is 0 Å². The third kappa shape index (κ3) is 3.09. The van der Waals surface area contributed by atoms with Gasteiger partial charge in [-0.1, -0.05) is 20.8 Å². The molecule has 0 radical (unpaired) electrons. The average Bonchev–Trinajstić information content (AvgIpc) is 2.16. The van der Waals surface area contributed by atoms with Crippen LogP contribution >= 0.6 is 0 Å². The standard InChI is InChI=1S/C12H20N2/c1-5-12-10(4)13-8-11(14-12)7-6-9(2)3/h8-9H,5-7H2,1-4H3. The minimum Gasteiger partial charge on any atom is -0.258 e. The molecule has 0 saturated carbocycles. The summed E-state index contributed by atoms with van der Waals surface area (Å²) >= 11 is 0. The first-order valence-corrected chi connectivity index (χ1v) is 5.44. The van der Waals surface area contributed by atoms with E-state index >= 15 is 0 Å². The van der Waals surface area contributed by atoms with Crippen LogP contribution in [0.4, 0.5) is 0 Å². The molecule has 0 N–H and O–H groups in total.